The normalized spacial score (nSPS) is 20.4. The zero-order valence-corrected chi connectivity index (χ0v) is 39.1. The van der Waals surface area contributed by atoms with Crippen molar-refractivity contribution in [1.82, 2.24) is 0 Å². The van der Waals surface area contributed by atoms with E-state index in [1.54, 1.807) is 33.0 Å². The Labute approximate surface area is 393 Å². The summed E-state index contributed by atoms with van der Waals surface area (Å²) >= 11 is 14.0. The second-order valence-electron chi connectivity index (χ2n) is 16.9. The minimum absolute atomic E-state index is 0. The SMILES string of the molecule is Clc1ccc(-c2ccc3c(c2)[cH-]c2cc(-c4ccc(Cl)cc4)c(C4C5CC6CC(C5)CC4C6)cc23)cc1.[C-]1=CC=CC1.[Cl-].[Cl-].[Zr+2]=[C](Cc1ccccc1)Cc1ccccc1. The molecule has 4 saturated carbocycles. The molecular weight excluding hydrogens is 894 g/mol. The second kappa shape index (κ2) is 20.6. The quantitative estimate of drug-likeness (QED) is 0.140. The van der Waals surface area contributed by atoms with E-state index in [-0.39, 0.29) is 24.8 Å². The van der Waals surface area contributed by atoms with E-state index in [0.717, 1.165) is 53.0 Å². The Hall–Kier alpha value is -3.42. The number of rotatable bonds is 7. The van der Waals surface area contributed by atoms with Crippen LogP contribution in [0.2, 0.25) is 10.0 Å². The van der Waals surface area contributed by atoms with Crippen LogP contribution in [0, 0.1) is 29.7 Å². The topological polar surface area (TPSA) is 0 Å². The van der Waals surface area contributed by atoms with Gasteiger partial charge in [-0.15, -0.1) is 46.2 Å². The molecule has 302 valence electrons. The van der Waals surface area contributed by atoms with Gasteiger partial charge in [0.2, 0.25) is 0 Å². The molecule has 0 N–H and O–H groups in total. The molecule has 0 heterocycles. The van der Waals surface area contributed by atoms with Crippen molar-refractivity contribution in [3.05, 3.63) is 197 Å². The maximum absolute atomic E-state index is 6.30. The van der Waals surface area contributed by atoms with E-state index in [9.17, 15) is 0 Å². The van der Waals surface area contributed by atoms with Crippen molar-refractivity contribution in [3.8, 4) is 22.3 Å². The van der Waals surface area contributed by atoms with Crippen LogP contribution in [0.5, 0.6) is 0 Å². The molecule has 12 rings (SSSR count). The molecule has 0 amide bonds. The molecule has 4 bridgehead atoms. The Morgan fingerprint density at radius 2 is 1.12 bits per heavy atom. The van der Waals surface area contributed by atoms with E-state index in [2.05, 4.69) is 133 Å². The Balaban J connectivity index is 0.000000197. The number of hydrogen-bond donors (Lipinski definition) is 0. The maximum atomic E-state index is 6.30. The Bertz CT molecular complexity index is 2490. The predicted molar refractivity (Wildman–Crippen MR) is 245 cm³/mol. The number of halogens is 4. The van der Waals surface area contributed by atoms with Crippen LogP contribution in [0.25, 0.3) is 43.8 Å². The van der Waals surface area contributed by atoms with Gasteiger partial charge in [-0.25, -0.2) is 12.2 Å². The van der Waals surface area contributed by atoms with E-state index in [1.165, 1.54) is 87.0 Å². The van der Waals surface area contributed by atoms with E-state index in [4.69, 9.17) is 23.2 Å². The van der Waals surface area contributed by atoms with Crippen molar-refractivity contribution in [3.63, 3.8) is 0 Å². The van der Waals surface area contributed by atoms with Crippen LogP contribution in [0.1, 0.15) is 61.1 Å². The third-order valence-electron chi connectivity index (χ3n) is 12.9. The van der Waals surface area contributed by atoms with Crippen molar-refractivity contribution in [2.24, 2.45) is 23.7 Å². The summed E-state index contributed by atoms with van der Waals surface area (Å²) in [5, 5.41) is 6.98. The molecule has 0 unspecified atom stereocenters. The van der Waals surface area contributed by atoms with Crippen LogP contribution in [-0.2, 0) is 37.1 Å². The summed E-state index contributed by atoms with van der Waals surface area (Å²) in [7, 11) is 0. The summed E-state index contributed by atoms with van der Waals surface area (Å²) in [5.41, 5.74) is 9.57. The number of allylic oxidation sites excluding steroid dienone is 4. The molecule has 5 aliphatic rings. The Kier molecular flexibility index (Phi) is 15.4. The number of hydrogen-bond acceptors (Lipinski definition) is 0. The fourth-order valence-corrected chi connectivity index (χ4v) is 11.8. The van der Waals surface area contributed by atoms with Gasteiger partial charge in [0, 0.05) is 10.0 Å². The average molecular weight is 942 g/mol. The van der Waals surface area contributed by atoms with Crippen LogP contribution in [-0.4, -0.2) is 3.21 Å². The van der Waals surface area contributed by atoms with Gasteiger partial charge in [0.25, 0.3) is 0 Å². The zero-order chi connectivity index (χ0) is 39.4. The van der Waals surface area contributed by atoms with Crippen LogP contribution < -0.4 is 24.8 Å². The van der Waals surface area contributed by atoms with Crippen molar-refractivity contribution < 1.29 is 49.0 Å². The first kappa shape index (κ1) is 44.6. The van der Waals surface area contributed by atoms with Gasteiger partial charge < -0.3 is 24.8 Å². The van der Waals surface area contributed by atoms with Crippen molar-refractivity contribution >= 4 is 48.0 Å². The zero-order valence-electron chi connectivity index (χ0n) is 33.6. The summed E-state index contributed by atoms with van der Waals surface area (Å²) in [4.78, 5) is 0. The van der Waals surface area contributed by atoms with Gasteiger partial charge in [0.15, 0.2) is 0 Å². The molecular formula is C55H48Cl4Zr-2. The fraction of sp³-hybridized carbons (Fsp3) is 0.236. The standard InChI is InChI=1S/C35H29Cl2.C15H14.C5H5.2ClH.Zr/c36-29-6-1-22(2-7-29)24-5-10-31-25(16-24)17-26-18-32(23-3-8-30(37)9-4-23)34(19-33(26)31)35-27-12-20-11-21(14-27)15-28(35)13-20;1-3-8-14(9-4-1)12-7-13-15-10-5-2-6-11-15;1-2-4-5-3-1;;;/h1-10,16-21,27-28,35H,11-15H2;1-6,8-11H,12-13H2;1-3H,4H2;2*1H;/q-1;;-1;;;+2/p-2. The third-order valence-corrected chi connectivity index (χ3v) is 14.3. The molecule has 7 aromatic carbocycles. The average Bonchev–Trinajstić information content (AvgIpc) is 3.94. The van der Waals surface area contributed by atoms with E-state index in [0.29, 0.717) is 5.92 Å². The summed E-state index contributed by atoms with van der Waals surface area (Å²) in [6.45, 7) is 0. The first-order valence-electron chi connectivity index (χ1n) is 21.0. The number of fused-ring (bicyclic) bond motifs is 3. The van der Waals surface area contributed by atoms with Crippen molar-refractivity contribution in [1.29, 1.82) is 0 Å². The predicted octanol–water partition coefficient (Wildman–Crippen LogP) is 9.40. The summed E-state index contributed by atoms with van der Waals surface area (Å²) in [6.07, 6.45) is 19.5. The Morgan fingerprint density at radius 1 is 0.583 bits per heavy atom. The number of benzene rings is 6. The molecule has 0 nitrogen and oxygen atoms in total. The molecule has 4 fully saturated rings. The molecule has 5 heteroatoms. The summed E-state index contributed by atoms with van der Waals surface area (Å²) in [6, 6.07) is 52.4. The van der Waals surface area contributed by atoms with Gasteiger partial charge in [0.05, 0.1) is 0 Å². The molecule has 0 aliphatic heterocycles. The van der Waals surface area contributed by atoms with Gasteiger partial charge in [-0.1, -0.05) is 76.8 Å². The van der Waals surface area contributed by atoms with Crippen LogP contribution in [0.4, 0.5) is 0 Å². The van der Waals surface area contributed by atoms with Crippen LogP contribution in [0.15, 0.2) is 164 Å². The van der Waals surface area contributed by atoms with Gasteiger partial charge in [-0.2, -0.15) is 6.08 Å². The van der Waals surface area contributed by atoms with Crippen LogP contribution >= 0.6 is 23.2 Å². The summed E-state index contributed by atoms with van der Waals surface area (Å²) < 4.78 is 1.60. The van der Waals surface area contributed by atoms with Crippen molar-refractivity contribution in [2.75, 3.05) is 0 Å². The molecule has 0 aromatic heterocycles. The molecule has 0 spiro atoms. The summed E-state index contributed by atoms with van der Waals surface area (Å²) in [5.74, 6) is 4.33. The van der Waals surface area contributed by atoms with Crippen molar-refractivity contribution in [2.45, 2.75) is 57.3 Å². The third kappa shape index (κ3) is 10.4. The first-order chi connectivity index (χ1) is 28.4. The van der Waals surface area contributed by atoms with Gasteiger partial charge in [0.1, 0.15) is 0 Å². The minimum atomic E-state index is 0. The second-order valence-corrected chi connectivity index (χ2v) is 19.5. The molecule has 60 heavy (non-hydrogen) atoms. The molecule has 0 saturated heterocycles. The van der Waals surface area contributed by atoms with Gasteiger partial charge in [-0.05, 0) is 103 Å². The van der Waals surface area contributed by atoms with Gasteiger partial charge in [-0.3, -0.25) is 6.08 Å². The van der Waals surface area contributed by atoms with Gasteiger partial charge >= 0.3 is 112 Å². The Morgan fingerprint density at radius 3 is 1.63 bits per heavy atom. The van der Waals surface area contributed by atoms with E-state index in [1.807, 2.05) is 36.4 Å². The fourth-order valence-electron chi connectivity index (χ4n) is 10.6. The molecule has 5 aliphatic carbocycles. The molecule has 0 atom stereocenters. The first-order valence-corrected chi connectivity index (χ1v) is 23.0. The molecule has 7 aromatic rings. The monoisotopic (exact) mass is 938 g/mol. The van der Waals surface area contributed by atoms with E-state index >= 15 is 0 Å². The molecule has 0 radical (unpaired) electrons. The van der Waals surface area contributed by atoms with E-state index < -0.39 is 0 Å². The van der Waals surface area contributed by atoms with Crippen LogP contribution in [0.3, 0.4) is 0 Å².